The van der Waals surface area contributed by atoms with E-state index in [-0.39, 0.29) is 29.1 Å². The van der Waals surface area contributed by atoms with E-state index in [1.807, 2.05) is 18.2 Å². The molecule has 1 amide bonds. The number of para-hydroxylation sites is 1. The average molecular weight is 435 g/mol. The molecule has 2 aromatic carbocycles. The molecule has 3 N–H and O–H groups in total. The fourth-order valence-corrected chi connectivity index (χ4v) is 4.34. The summed E-state index contributed by atoms with van der Waals surface area (Å²) in [7, 11) is 0. The predicted octanol–water partition coefficient (Wildman–Crippen LogP) is 2.85. The Kier molecular flexibility index (Phi) is 6.20. The number of fused-ring (bicyclic) bond motifs is 1. The number of benzene rings is 2. The van der Waals surface area contributed by atoms with Gasteiger partial charge in [0.15, 0.2) is 6.04 Å². The highest BCUT2D eigenvalue weighted by molar-refractivity contribution is 5.86. The Bertz CT molecular complexity index is 1180. The molecule has 0 bridgehead atoms. The first-order valence-electron chi connectivity index (χ1n) is 10.7. The number of amides is 1. The fraction of sp³-hybridized carbons (Fsp3) is 0.333. The summed E-state index contributed by atoms with van der Waals surface area (Å²) in [5, 5.41) is 22.2. The van der Waals surface area contributed by atoms with Gasteiger partial charge in [-0.15, -0.1) is 0 Å². The van der Waals surface area contributed by atoms with Crippen molar-refractivity contribution in [2.45, 2.75) is 38.3 Å². The van der Waals surface area contributed by atoms with Crippen LogP contribution >= 0.6 is 0 Å². The lowest BCUT2D eigenvalue weighted by Gasteiger charge is -2.29. The fourth-order valence-electron chi connectivity index (χ4n) is 4.34. The molecule has 0 aliphatic heterocycles. The molecule has 32 heavy (non-hydrogen) atoms. The van der Waals surface area contributed by atoms with Crippen LogP contribution in [0.5, 0.6) is 5.75 Å². The summed E-state index contributed by atoms with van der Waals surface area (Å²) in [6.45, 7) is 0.552. The number of hydrogen-bond donors (Lipinski definition) is 3. The minimum absolute atomic E-state index is 0.0308. The quantitative estimate of drug-likeness (QED) is 0.547. The Labute approximate surface area is 184 Å². The van der Waals surface area contributed by atoms with Crippen LogP contribution in [0.25, 0.3) is 10.9 Å². The first-order chi connectivity index (χ1) is 15.4. The molecule has 1 atom stereocenters. The van der Waals surface area contributed by atoms with Gasteiger partial charge >= 0.3 is 5.97 Å². The smallest absolute Gasteiger partial charge is 0.330 e. The van der Waals surface area contributed by atoms with Gasteiger partial charge in [0, 0.05) is 12.5 Å². The van der Waals surface area contributed by atoms with Crippen LogP contribution in [0.1, 0.15) is 37.3 Å². The second-order valence-electron chi connectivity index (χ2n) is 8.31. The molecule has 8 heteroatoms. The zero-order chi connectivity index (χ0) is 22.7. The van der Waals surface area contributed by atoms with Gasteiger partial charge in [0.05, 0.1) is 17.2 Å². The number of rotatable bonds is 6. The molecule has 1 saturated carbocycles. The third kappa shape index (κ3) is 4.64. The van der Waals surface area contributed by atoms with E-state index in [4.69, 9.17) is 0 Å². The molecular formula is C24H25N3O5. The summed E-state index contributed by atoms with van der Waals surface area (Å²) in [4.78, 5) is 41.5. The van der Waals surface area contributed by atoms with E-state index in [1.165, 1.54) is 24.3 Å². The molecule has 8 nitrogen and oxygen atoms in total. The Morgan fingerprint density at radius 3 is 2.44 bits per heavy atom. The van der Waals surface area contributed by atoms with Gasteiger partial charge in [-0.1, -0.05) is 24.3 Å². The number of aliphatic carboxylic acids is 1. The first kappa shape index (κ1) is 21.5. The van der Waals surface area contributed by atoms with Crippen molar-refractivity contribution in [3.63, 3.8) is 0 Å². The maximum Gasteiger partial charge on any atom is 0.330 e. The van der Waals surface area contributed by atoms with Crippen molar-refractivity contribution in [1.29, 1.82) is 0 Å². The third-order valence-corrected chi connectivity index (χ3v) is 6.16. The van der Waals surface area contributed by atoms with Crippen LogP contribution in [0.4, 0.5) is 0 Å². The monoisotopic (exact) mass is 435 g/mol. The van der Waals surface area contributed by atoms with E-state index < -0.39 is 12.0 Å². The van der Waals surface area contributed by atoms with Gasteiger partial charge in [0.1, 0.15) is 5.75 Å². The third-order valence-electron chi connectivity index (χ3n) is 6.16. The highest BCUT2D eigenvalue weighted by atomic mass is 16.4. The molecule has 0 radical (unpaired) electrons. The number of nitrogens with zero attached hydrogens (tertiary/aromatic N) is 2. The molecule has 1 fully saturated rings. The van der Waals surface area contributed by atoms with Crippen molar-refractivity contribution in [3.05, 3.63) is 70.8 Å². The maximum absolute atomic E-state index is 12.7. The minimum atomic E-state index is -1.16. The SMILES string of the molecule is O=C(N[C@H](C(=O)O)c1ccc(O)cc1)C1CCC(Cn2cnc3ccccc3c2=O)CC1. The molecule has 0 spiro atoms. The zero-order valence-electron chi connectivity index (χ0n) is 17.5. The van der Waals surface area contributed by atoms with Gasteiger partial charge in [0.25, 0.3) is 5.56 Å². The Morgan fingerprint density at radius 2 is 1.75 bits per heavy atom. The molecular weight excluding hydrogens is 410 g/mol. The molecule has 1 aliphatic carbocycles. The summed E-state index contributed by atoms with van der Waals surface area (Å²) in [5.41, 5.74) is 1.02. The van der Waals surface area contributed by atoms with Gasteiger partial charge in [-0.25, -0.2) is 9.78 Å². The van der Waals surface area contributed by atoms with Crippen LogP contribution < -0.4 is 10.9 Å². The number of nitrogens with one attached hydrogen (secondary N) is 1. The number of aromatic nitrogens is 2. The minimum Gasteiger partial charge on any atom is -0.508 e. The summed E-state index contributed by atoms with van der Waals surface area (Å²) in [5.74, 6) is -1.42. The molecule has 0 saturated heterocycles. The van der Waals surface area contributed by atoms with E-state index in [9.17, 15) is 24.6 Å². The van der Waals surface area contributed by atoms with Gasteiger partial charge < -0.3 is 15.5 Å². The van der Waals surface area contributed by atoms with Crippen molar-refractivity contribution in [1.82, 2.24) is 14.9 Å². The summed E-state index contributed by atoms with van der Waals surface area (Å²) in [6, 6.07) is 11.9. The molecule has 0 unspecified atom stereocenters. The van der Waals surface area contributed by atoms with Gasteiger partial charge in [-0.05, 0) is 61.4 Å². The van der Waals surface area contributed by atoms with Crippen LogP contribution in [0.15, 0.2) is 59.7 Å². The van der Waals surface area contributed by atoms with Crippen molar-refractivity contribution < 1.29 is 19.8 Å². The first-order valence-corrected chi connectivity index (χ1v) is 10.7. The normalized spacial score (nSPS) is 19.4. The van der Waals surface area contributed by atoms with E-state index in [0.717, 1.165) is 12.8 Å². The molecule has 1 heterocycles. The number of carbonyl (C=O) groups is 2. The number of hydrogen-bond acceptors (Lipinski definition) is 5. The Hall–Kier alpha value is -3.68. The number of carboxylic acid groups (broad SMARTS) is 1. The topological polar surface area (TPSA) is 122 Å². The van der Waals surface area contributed by atoms with Crippen LogP contribution in [0.3, 0.4) is 0 Å². The van der Waals surface area contributed by atoms with Crippen molar-refractivity contribution in [3.8, 4) is 5.75 Å². The number of carboxylic acids is 1. The number of phenols is 1. The number of carbonyl (C=O) groups excluding carboxylic acids is 1. The van der Waals surface area contributed by atoms with Crippen molar-refractivity contribution >= 4 is 22.8 Å². The maximum atomic E-state index is 12.7. The number of aromatic hydroxyl groups is 1. The lowest BCUT2D eigenvalue weighted by atomic mass is 9.81. The molecule has 1 aromatic heterocycles. The van der Waals surface area contributed by atoms with Gasteiger partial charge in [0.2, 0.25) is 5.91 Å². The van der Waals surface area contributed by atoms with E-state index in [0.29, 0.717) is 35.9 Å². The second-order valence-corrected chi connectivity index (χ2v) is 8.31. The second kappa shape index (κ2) is 9.21. The van der Waals surface area contributed by atoms with Crippen molar-refractivity contribution in [2.75, 3.05) is 0 Å². The highest BCUT2D eigenvalue weighted by Crippen LogP contribution is 2.30. The molecule has 3 aromatic rings. The lowest BCUT2D eigenvalue weighted by Crippen LogP contribution is -2.39. The zero-order valence-corrected chi connectivity index (χ0v) is 17.5. The van der Waals surface area contributed by atoms with Crippen LogP contribution in [0, 0.1) is 11.8 Å². The summed E-state index contributed by atoms with van der Waals surface area (Å²) in [6.07, 6.45) is 4.39. The lowest BCUT2D eigenvalue weighted by molar-refractivity contribution is -0.143. The Balaban J connectivity index is 1.36. The van der Waals surface area contributed by atoms with Crippen molar-refractivity contribution in [2.24, 2.45) is 11.8 Å². The summed E-state index contributed by atoms with van der Waals surface area (Å²) >= 11 is 0. The standard InChI is InChI=1S/C24H25N3O5/c28-18-11-9-16(10-12-18)21(24(31)32)26-22(29)17-7-5-15(6-8-17)13-27-14-25-20-4-2-1-3-19(20)23(27)30/h1-4,9-12,14-15,17,21,28H,5-8,13H2,(H,26,29)(H,31,32)/t15?,17?,21-/m0/s1. The average Bonchev–Trinajstić information content (AvgIpc) is 2.80. The van der Waals surface area contributed by atoms with Crippen LogP contribution in [-0.4, -0.2) is 31.6 Å². The predicted molar refractivity (Wildman–Crippen MR) is 118 cm³/mol. The van der Waals surface area contributed by atoms with Gasteiger partial charge in [-0.2, -0.15) is 0 Å². The van der Waals surface area contributed by atoms with Crippen LogP contribution in [0.2, 0.25) is 0 Å². The van der Waals surface area contributed by atoms with Gasteiger partial charge in [-0.3, -0.25) is 14.2 Å². The summed E-state index contributed by atoms with van der Waals surface area (Å²) < 4.78 is 1.64. The number of phenolic OH excluding ortho intramolecular Hbond substituents is 1. The highest BCUT2D eigenvalue weighted by Gasteiger charge is 2.30. The molecule has 4 rings (SSSR count). The van der Waals surface area contributed by atoms with E-state index >= 15 is 0 Å². The van der Waals surface area contributed by atoms with Crippen LogP contribution in [-0.2, 0) is 16.1 Å². The van der Waals surface area contributed by atoms with E-state index in [2.05, 4.69) is 10.3 Å². The largest absolute Gasteiger partial charge is 0.508 e. The Morgan fingerprint density at radius 1 is 1.06 bits per heavy atom. The molecule has 1 aliphatic rings. The van der Waals surface area contributed by atoms with E-state index in [1.54, 1.807) is 17.0 Å². The molecule has 166 valence electrons.